The maximum Gasteiger partial charge on any atom is 0.228 e. The van der Waals surface area contributed by atoms with Crippen LogP contribution in [0.3, 0.4) is 0 Å². The van der Waals surface area contributed by atoms with Crippen molar-refractivity contribution in [1.82, 2.24) is 0 Å². The molecule has 0 saturated carbocycles. The van der Waals surface area contributed by atoms with Gasteiger partial charge in [0.2, 0.25) is 5.24 Å². The van der Waals surface area contributed by atoms with Crippen LogP contribution in [0.15, 0.2) is 24.3 Å². The standard InChI is InChI=1S/C14H19ClO/c1-4-11(5-2)13-8-6-7-12(9-13)10(3)14(15)16/h6-11H,4-5H2,1-3H3. The minimum Gasteiger partial charge on any atom is -0.281 e. The number of rotatable bonds is 5. The number of halogens is 1. The van der Waals surface area contributed by atoms with Crippen LogP contribution >= 0.6 is 11.6 Å². The van der Waals surface area contributed by atoms with Crippen LogP contribution in [0.1, 0.15) is 56.6 Å². The molecule has 0 aliphatic rings. The van der Waals surface area contributed by atoms with Crippen molar-refractivity contribution in [2.75, 3.05) is 0 Å². The zero-order chi connectivity index (χ0) is 12.1. The quantitative estimate of drug-likeness (QED) is 0.693. The number of benzene rings is 1. The first-order chi connectivity index (χ1) is 7.60. The Morgan fingerprint density at radius 3 is 2.31 bits per heavy atom. The summed E-state index contributed by atoms with van der Waals surface area (Å²) in [5.41, 5.74) is 2.33. The molecule has 0 fully saturated rings. The molecule has 0 bridgehead atoms. The highest BCUT2D eigenvalue weighted by molar-refractivity contribution is 6.64. The Balaban J connectivity index is 2.98. The topological polar surface area (TPSA) is 17.1 Å². The van der Waals surface area contributed by atoms with Gasteiger partial charge in [-0.15, -0.1) is 0 Å². The molecule has 1 aromatic carbocycles. The lowest BCUT2D eigenvalue weighted by molar-refractivity contribution is -0.112. The van der Waals surface area contributed by atoms with Gasteiger partial charge in [0.1, 0.15) is 0 Å². The van der Waals surface area contributed by atoms with Crippen LogP contribution in [0, 0.1) is 0 Å². The Morgan fingerprint density at radius 1 is 1.25 bits per heavy atom. The largest absolute Gasteiger partial charge is 0.281 e. The van der Waals surface area contributed by atoms with Crippen LogP contribution in [0.5, 0.6) is 0 Å². The molecule has 2 heteroatoms. The van der Waals surface area contributed by atoms with E-state index in [1.165, 1.54) is 5.56 Å². The Morgan fingerprint density at radius 2 is 1.81 bits per heavy atom. The third-order valence-corrected chi connectivity index (χ3v) is 3.54. The third kappa shape index (κ3) is 3.08. The molecule has 88 valence electrons. The van der Waals surface area contributed by atoms with E-state index in [9.17, 15) is 4.79 Å². The predicted molar refractivity (Wildman–Crippen MR) is 69.0 cm³/mol. The molecule has 0 aromatic heterocycles. The summed E-state index contributed by atoms with van der Waals surface area (Å²) in [5.74, 6) is 0.369. The molecule has 0 aliphatic carbocycles. The third-order valence-electron chi connectivity index (χ3n) is 3.21. The summed E-state index contributed by atoms with van der Waals surface area (Å²) < 4.78 is 0. The van der Waals surface area contributed by atoms with Crippen molar-refractivity contribution >= 4 is 16.8 Å². The lowest BCUT2D eigenvalue weighted by Gasteiger charge is -2.15. The minimum atomic E-state index is -0.290. The van der Waals surface area contributed by atoms with Crippen LogP contribution in [0.2, 0.25) is 0 Å². The first-order valence-corrected chi connectivity index (χ1v) is 6.27. The number of carbonyl (C=O) groups is 1. The Hall–Kier alpha value is -0.820. The second-order valence-electron chi connectivity index (χ2n) is 4.21. The molecule has 0 spiro atoms. The van der Waals surface area contributed by atoms with Gasteiger partial charge in [-0.25, -0.2) is 0 Å². The summed E-state index contributed by atoms with van der Waals surface area (Å²) in [7, 11) is 0. The van der Waals surface area contributed by atoms with Gasteiger partial charge in [0.25, 0.3) is 0 Å². The van der Waals surface area contributed by atoms with Crippen molar-refractivity contribution in [3.63, 3.8) is 0 Å². The molecule has 1 atom stereocenters. The van der Waals surface area contributed by atoms with Crippen molar-refractivity contribution in [3.05, 3.63) is 35.4 Å². The van der Waals surface area contributed by atoms with Gasteiger partial charge in [-0.1, -0.05) is 45.0 Å². The van der Waals surface area contributed by atoms with Crippen LogP contribution in [0.25, 0.3) is 0 Å². The molecule has 0 heterocycles. The van der Waals surface area contributed by atoms with E-state index in [4.69, 9.17) is 11.6 Å². The predicted octanol–water partition coefficient (Wildman–Crippen LogP) is 4.46. The van der Waals surface area contributed by atoms with Gasteiger partial charge in [-0.05, 0) is 41.5 Å². The summed E-state index contributed by atoms with van der Waals surface area (Å²) in [6.45, 7) is 6.23. The second-order valence-corrected chi connectivity index (χ2v) is 4.58. The van der Waals surface area contributed by atoms with Crippen molar-refractivity contribution < 1.29 is 4.79 Å². The van der Waals surface area contributed by atoms with Gasteiger partial charge in [-0.3, -0.25) is 4.79 Å². The molecule has 0 N–H and O–H groups in total. The zero-order valence-electron chi connectivity index (χ0n) is 10.2. The maximum atomic E-state index is 11.1. The maximum absolute atomic E-state index is 11.1. The van der Waals surface area contributed by atoms with Gasteiger partial charge >= 0.3 is 0 Å². The molecule has 0 aliphatic heterocycles. The molecular formula is C14H19ClO. The highest BCUT2D eigenvalue weighted by Crippen LogP contribution is 2.26. The van der Waals surface area contributed by atoms with Gasteiger partial charge in [0.15, 0.2) is 0 Å². The molecular weight excluding hydrogens is 220 g/mol. The van der Waals surface area contributed by atoms with Crippen molar-refractivity contribution in [1.29, 1.82) is 0 Å². The lowest BCUT2D eigenvalue weighted by Crippen LogP contribution is -2.03. The normalized spacial score (nSPS) is 12.8. The van der Waals surface area contributed by atoms with E-state index in [1.807, 2.05) is 19.1 Å². The smallest absolute Gasteiger partial charge is 0.228 e. The monoisotopic (exact) mass is 238 g/mol. The molecule has 1 unspecified atom stereocenters. The highest BCUT2D eigenvalue weighted by Gasteiger charge is 2.14. The van der Waals surface area contributed by atoms with Crippen molar-refractivity contribution in [2.24, 2.45) is 0 Å². The summed E-state index contributed by atoms with van der Waals surface area (Å²) in [4.78, 5) is 11.1. The molecule has 0 saturated heterocycles. The molecule has 16 heavy (non-hydrogen) atoms. The van der Waals surface area contributed by atoms with E-state index < -0.39 is 0 Å². The van der Waals surface area contributed by atoms with E-state index in [-0.39, 0.29) is 11.2 Å². The Bertz CT molecular complexity index is 356. The first kappa shape index (κ1) is 13.2. The van der Waals surface area contributed by atoms with Gasteiger partial charge in [-0.2, -0.15) is 0 Å². The number of hydrogen-bond donors (Lipinski definition) is 0. The minimum absolute atomic E-state index is 0.212. The summed E-state index contributed by atoms with van der Waals surface area (Å²) in [5, 5.41) is -0.290. The molecule has 1 nitrogen and oxygen atoms in total. The van der Waals surface area contributed by atoms with Crippen LogP contribution < -0.4 is 0 Å². The fourth-order valence-corrected chi connectivity index (χ4v) is 2.10. The van der Waals surface area contributed by atoms with Crippen molar-refractivity contribution in [3.8, 4) is 0 Å². The Kier molecular flexibility index (Phi) is 5.01. The van der Waals surface area contributed by atoms with Crippen LogP contribution in [-0.2, 0) is 4.79 Å². The molecule has 1 aromatic rings. The zero-order valence-corrected chi connectivity index (χ0v) is 10.9. The average Bonchev–Trinajstić information content (AvgIpc) is 2.30. The molecule has 0 radical (unpaired) electrons. The fraction of sp³-hybridized carbons (Fsp3) is 0.500. The summed E-state index contributed by atoms with van der Waals surface area (Å²) in [6.07, 6.45) is 2.26. The van der Waals surface area contributed by atoms with E-state index in [2.05, 4.69) is 26.0 Å². The lowest BCUT2D eigenvalue weighted by atomic mass is 9.90. The average molecular weight is 239 g/mol. The fourth-order valence-electron chi connectivity index (χ4n) is 1.97. The van der Waals surface area contributed by atoms with Gasteiger partial charge < -0.3 is 0 Å². The van der Waals surface area contributed by atoms with E-state index in [0.717, 1.165) is 18.4 Å². The second kappa shape index (κ2) is 6.05. The van der Waals surface area contributed by atoms with E-state index in [0.29, 0.717) is 5.92 Å². The summed E-state index contributed by atoms with van der Waals surface area (Å²) >= 11 is 5.52. The first-order valence-electron chi connectivity index (χ1n) is 5.89. The number of hydrogen-bond acceptors (Lipinski definition) is 1. The summed E-state index contributed by atoms with van der Waals surface area (Å²) in [6, 6.07) is 8.23. The van der Waals surface area contributed by atoms with Crippen molar-refractivity contribution in [2.45, 2.75) is 45.4 Å². The SMILES string of the molecule is CCC(CC)c1cccc(C(C)C(=O)Cl)c1. The van der Waals surface area contributed by atoms with Crippen LogP contribution in [0.4, 0.5) is 0 Å². The molecule has 0 amide bonds. The Labute approximate surface area is 103 Å². The number of carbonyl (C=O) groups excluding carboxylic acids is 1. The van der Waals surface area contributed by atoms with Gasteiger partial charge in [0, 0.05) is 0 Å². The molecule has 1 rings (SSSR count). The highest BCUT2D eigenvalue weighted by atomic mass is 35.5. The van der Waals surface area contributed by atoms with Gasteiger partial charge in [0.05, 0.1) is 5.92 Å². The van der Waals surface area contributed by atoms with E-state index in [1.54, 1.807) is 0 Å². The van der Waals surface area contributed by atoms with E-state index >= 15 is 0 Å². The van der Waals surface area contributed by atoms with Crippen LogP contribution in [-0.4, -0.2) is 5.24 Å².